The molecule has 2 rings (SSSR count). The third-order valence-electron chi connectivity index (χ3n) is 3.99. The molecule has 1 amide bonds. The van der Waals surface area contributed by atoms with Crippen molar-refractivity contribution in [2.24, 2.45) is 11.7 Å². The van der Waals surface area contributed by atoms with Crippen LogP contribution in [0.15, 0.2) is 18.2 Å². The molecular weight excluding hydrogens is 276 g/mol. The van der Waals surface area contributed by atoms with Gasteiger partial charge in [-0.3, -0.25) is 4.79 Å². The SMILES string of the molecule is CCC(C)C(N)C(=O)N1CCc2cc(OC)ccc21.Cl. The number of carbonyl (C=O) groups excluding carboxylic acids is 1. The van der Waals surface area contributed by atoms with Gasteiger partial charge in [0.05, 0.1) is 13.2 Å². The van der Waals surface area contributed by atoms with E-state index in [0.717, 1.165) is 29.8 Å². The van der Waals surface area contributed by atoms with Crippen molar-refractivity contribution in [3.63, 3.8) is 0 Å². The summed E-state index contributed by atoms with van der Waals surface area (Å²) in [7, 11) is 1.65. The summed E-state index contributed by atoms with van der Waals surface area (Å²) < 4.78 is 5.21. The molecule has 0 saturated heterocycles. The number of nitrogens with zero attached hydrogens (tertiary/aromatic N) is 1. The van der Waals surface area contributed by atoms with Gasteiger partial charge in [-0.1, -0.05) is 20.3 Å². The van der Waals surface area contributed by atoms with E-state index in [1.165, 1.54) is 0 Å². The Hall–Kier alpha value is -1.26. The number of amides is 1. The molecule has 0 fully saturated rings. The molecule has 1 aromatic carbocycles. The van der Waals surface area contributed by atoms with Gasteiger partial charge < -0.3 is 15.4 Å². The van der Waals surface area contributed by atoms with Crippen LogP contribution in [0.3, 0.4) is 0 Å². The van der Waals surface area contributed by atoms with E-state index < -0.39 is 6.04 Å². The second-order valence-electron chi connectivity index (χ2n) is 5.15. The summed E-state index contributed by atoms with van der Waals surface area (Å²) in [4.78, 5) is 14.2. The van der Waals surface area contributed by atoms with Crippen molar-refractivity contribution in [1.82, 2.24) is 0 Å². The van der Waals surface area contributed by atoms with Crippen LogP contribution in [0, 0.1) is 5.92 Å². The Bertz CT molecular complexity index is 479. The van der Waals surface area contributed by atoms with Gasteiger partial charge in [0.2, 0.25) is 5.91 Å². The number of hydrogen-bond donors (Lipinski definition) is 1. The smallest absolute Gasteiger partial charge is 0.244 e. The highest BCUT2D eigenvalue weighted by Crippen LogP contribution is 2.32. The molecule has 2 unspecified atom stereocenters. The highest BCUT2D eigenvalue weighted by atomic mass is 35.5. The average molecular weight is 299 g/mol. The van der Waals surface area contributed by atoms with E-state index in [9.17, 15) is 4.79 Å². The zero-order chi connectivity index (χ0) is 14.0. The van der Waals surface area contributed by atoms with Crippen molar-refractivity contribution >= 4 is 24.0 Å². The number of ether oxygens (including phenoxy) is 1. The molecule has 1 heterocycles. The van der Waals surface area contributed by atoms with Crippen molar-refractivity contribution < 1.29 is 9.53 Å². The molecule has 5 heteroatoms. The quantitative estimate of drug-likeness (QED) is 0.928. The molecule has 0 spiro atoms. The zero-order valence-electron chi connectivity index (χ0n) is 12.3. The fraction of sp³-hybridized carbons (Fsp3) is 0.533. The Kier molecular flexibility index (Phi) is 5.84. The van der Waals surface area contributed by atoms with Crippen LogP contribution in [0.1, 0.15) is 25.8 Å². The molecule has 0 aromatic heterocycles. The van der Waals surface area contributed by atoms with Crippen LogP contribution in [0.2, 0.25) is 0 Å². The van der Waals surface area contributed by atoms with Crippen LogP contribution in [0.25, 0.3) is 0 Å². The molecule has 0 radical (unpaired) electrons. The summed E-state index contributed by atoms with van der Waals surface area (Å²) in [5, 5.41) is 0. The van der Waals surface area contributed by atoms with E-state index in [1.54, 1.807) is 7.11 Å². The predicted molar refractivity (Wildman–Crippen MR) is 83.7 cm³/mol. The Morgan fingerprint density at radius 3 is 2.80 bits per heavy atom. The first-order valence-corrected chi connectivity index (χ1v) is 6.82. The van der Waals surface area contributed by atoms with Gasteiger partial charge in [0.25, 0.3) is 0 Å². The second kappa shape index (κ2) is 6.95. The van der Waals surface area contributed by atoms with Crippen LogP contribution in [0.4, 0.5) is 5.69 Å². The van der Waals surface area contributed by atoms with Crippen LogP contribution in [0.5, 0.6) is 5.75 Å². The Morgan fingerprint density at radius 2 is 2.20 bits per heavy atom. The van der Waals surface area contributed by atoms with Crippen molar-refractivity contribution in [3.8, 4) is 5.75 Å². The number of hydrogen-bond acceptors (Lipinski definition) is 3. The minimum Gasteiger partial charge on any atom is -0.497 e. The van der Waals surface area contributed by atoms with Gasteiger partial charge in [0.15, 0.2) is 0 Å². The lowest BCUT2D eigenvalue weighted by Crippen LogP contribution is -2.46. The first-order chi connectivity index (χ1) is 9.08. The van der Waals surface area contributed by atoms with Gasteiger partial charge in [-0.25, -0.2) is 0 Å². The van der Waals surface area contributed by atoms with Gasteiger partial charge >= 0.3 is 0 Å². The summed E-state index contributed by atoms with van der Waals surface area (Å²) in [6.07, 6.45) is 1.78. The lowest BCUT2D eigenvalue weighted by atomic mass is 9.99. The summed E-state index contributed by atoms with van der Waals surface area (Å²) in [6, 6.07) is 5.41. The van der Waals surface area contributed by atoms with E-state index in [-0.39, 0.29) is 24.2 Å². The van der Waals surface area contributed by atoms with E-state index in [4.69, 9.17) is 10.5 Å². The topological polar surface area (TPSA) is 55.6 Å². The van der Waals surface area contributed by atoms with Crippen LogP contribution >= 0.6 is 12.4 Å². The highest BCUT2D eigenvalue weighted by molar-refractivity contribution is 5.99. The number of fused-ring (bicyclic) bond motifs is 1. The molecule has 0 bridgehead atoms. The summed E-state index contributed by atoms with van der Waals surface area (Å²) >= 11 is 0. The third kappa shape index (κ3) is 3.07. The molecule has 20 heavy (non-hydrogen) atoms. The van der Waals surface area contributed by atoms with Crippen LogP contribution < -0.4 is 15.4 Å². The normalized spacial score (nSPS) is 16.1. The van der Waals surface area contributed by atoms with Crippen molar-refractivity contribution in [3.05, 3.63) is 23.8 Å². The minimum atomic E-state index is -0.418. The second-order valence-corrected chi connectivity index (χ2v) is 5.15. The van der Waals surface area contributed by atoms with E-state index >= 15 is 0 Å². The summed E-state index contributed by atoms with van der Waals surface area (Å²) in [5.41, 5.74) is 8.18. The molecular formula is C15H23ClN2O2. The first-order valence-electron chi connectivity index (χ1n) is 6.82. The van der Waals surface area contributed by atoms with Crippen LogP contribution in [-0.2, 0) is 11.2 Å². The largest absolute Gasteiger partial charge is 0.497 e. The highest BCUT2D eigenvalue weighted by Gasteiger charge is 2.30. The van der Waals surface area contributed by atoms with Gasteiger partial charge in [-0.05, 0) is 36.1 Å². The molecule has 1 aliphatic heterocycles. The Labute approximate surface area is 126 Å². The van der Waals surface area contributed by atoms with Crippen molar-refractivity contribution in [2.75, 3.05) is 18.6 Å². The molecule has 1 aromatic rings. The summed E-state index contributed by atoms with van der Waals surface area (Å²) in [5.74, 6) is 1.06. The number of halogens is 1. The maximum Gasteiger partial charge on any atom is 0.244 e. The number of anilines is 1. The Morgan fingerprint density at radius 1 is 1.50 bits per heavy atom. The molecule has 4 nitrogen and oxygen atoms in total. The number of rotatable bonds is 4. The van der Waals surface area contributed by atoms with E-state index in [2.05, 4.69) is 6.92 Å². The van der Waals surface area contributed by atoms with Gasteiger partial charge in [0, 0.05) is 12.2 Å². The average Bonchev–Trinajstić information content (AvgIpc) is 2.87. The lowest BCUT2D eigenvalue weighted by Gasteiger charge is -2.24. The fourth-order valence-corrected chi connectivity index (χ4v) is 2.41. The zero-order valence-corrected chi connectivity index (χ0v) is 13.1. The number of benzene rings is 1. The number of carbonyl (C=O) groups is 1. The molecule has 112 valence electrons. The monoisotopic (exact) mass is 298 g/mol. The minimum absolute atomic E-state index is 0. The number of methoxy groups -OCH3 is 1. The molecule has 0 aliphatic carbocycles. The first kappa shape index (κ1) is 16.8. The Balaban J connectivity index is 0.00000200. The molecule has 2 N–H and O–H groups in total. The van der Waals surface area contributed by atoms with Crippen LogP contribution in [-0.4, -0.2) is 25.6 Å². The van der Waals surface area contributed by atoms with E-state index in [1.807, 2.05) is 30.0 Å². The molecule has 2 atom stereocenters. The molecule has 0 saturated carbocycles. The van der Waals surface area contributed by atoms with Crippen molar-refractivity contribution in [1.29, 1.82) is 0 Å². The van der Waals surface area contributed by atoms with Gasteiger partial charge in [-0.15, -0.1) is 12.4 Å². The standard InChI is InChI=1S/C15H22N2O2.ClH/c1-4-10(2)14(16)15(18)17-8-7-11-9-12(19-3)5-6-13(11)17;/h5-6,9-10,14H,4,7-8,16H2,1-3H3;1H. The summed E-state index contributed by atoms with van der Waals surface area (Å²) in [6.45, 7) is 4.79. The fourth-order valence-electron chi connectivity index (χ4n) is 2.41. The van der Waals surface area contributed by atoms with Gasteiger partial charge in [-0.2, -0.15) is 0 Å². The van der Waals surface area contributed by atoms with Gasteiger partial charge in [0.1, 0.15) is 5.75 Å². The molecule has 1 aliphatic rings. The van der Waals surface area contributed by atoms with E-state index in [0.29, 0.717) is 6.54 Å². The maximum absolute atomic E-state index is 12.4. The third-order valence-corrected chi connectivity index (χ3v) is 3.99. The maximum atomic E-state index is 12.4. The predicted octanol–water partition coefficient (Wildman–Crippen LogP) is 2.38. The lowest BCUT2D eigenvalue weighted by molar-refractivity contribution is -0.120. The number of nitrogens with two attached hydrogens (primary N) is 1. The van der Waals surface area contributed by atoms with Crippen molar-refractivity contribution in [2.45, 2.75) is 32.7 Å².